The monoisotopic (exact) mass is 575 g/mol. The van der Waals surface area contributed by atoms with E-state index in [9.17, 15) is 0 Å². The highest BCUT2D eigenvalue weighted by Crippen LogP contribution is 2.21. The van der Waals surface area contributed by atoms with Gasteiger partial charge < -0.3 is 15.1 Å². The van der Waals surface area contributed by atoms with Crippen LogP contribution in [-0.4, -0.2) is 78.0 Å². The summed E-state index contributed by atoms with van der Waals surface area (Å²) < 4.78 is 4.42. The van der Waals surface area contributed by atoms with Gasteiger partial charge in [0.15, 0.2) is 5.96 Å². The van der Waals surface area contributed by atoms with Gasteiger partial charge in [-0.25, -0.2) is 4.98 Å². The summed E-state index contributed by atoms with van der Waals surface area (Å²) in [5, 5.41) is 6.89. The summed E-state index contributed by atoms with van der Waals surface area (Å²) in [6.07, 6.45) is 3.43. The van der Waals surface area contributed by atoms with Crippen LogP contribution in [0.25, 0.3) is 0 Å². The van der Waals surface area contributed by atoms with Crippen LogP contribution in [0.1, 0.15) is 30.5 Å². The van der Waals surface area contributed by atoms with Gasteiger partial charge in [0.05, 0.1) is 0 Å². The summed E-state index contributed by atoms with van der Waals surface area (Å²) >= 11 is 3.39. The van der Waals surface area contributed by atoms with Crippen molar-refractivity contribution in [1.82, 2.24) is 24.5 Å². The summed E-state index contributed by atoms with van der Waals surface area (Å²) in [7, 11) is 1.90. The smallest absolute Gasteiger partial charge is 0.205 e. The van der Waals surface area contributed by atoms with Gasteiger partial charge in [0.25, 0.3) is 0 Å². The van der Waals surface area contributed by atoms with Crippen LogP contribution >= 0.6 is 46.8 Å². The van der Waals surface area contributed by atoms with E-state index in [1.165, 1.54) is 42.3 Å². The van der Waals surface area contributed by atoms with Crippen molar-refractivity contribution >= 4 is 57.9 Å². The molecule has 10 heteroatoms. The maximum atomic E-state index is 4.63. The van der Waals surface area contributed by atoms with Gasteiger partial charge in [-0.15, -0.1) is 35.3 Å². The van der Waals surface area contributed by atoms with Crippen molar-refractivity contribution in [1.29, 1.82) is 0 Å². The first kappa shape index (κ1) is 24.7. The lowest BCUT2D eigenvalue weighted by atomic mass is 9.97. The molecule has 2 fully saturated rings. The molecule has 0 unspecified atom stereocenters. The van der Waals surface area contributed by atoms with Crippen molar-refractivity contribution in [3.05, 3.63) is 28.2 Å². The minimum Gasteiger partial charge on any atom is -0.356 e. The summed E-state index contributed by atoms with van der Waals surface area (Å²) in [5.74, 6) is 2.73. The lowest BCUT2D eigenvalue weighted by Crippen LogP contribution is -2.53. The van der Waals surface area contributed by atoms with Crippen LogP contribution in [0.2, 0.25) is 0 Å². The first-order chi connectivity index (χ1) is 14.7. The standard InChI is InChI=1S/C21H33N7S2.HI/c1-3-19-24-21(30-25-19)28-12-10-27(11-13-28)20(22-2)23-15-17-6-8-26(9-7-17)16-18-5-4-14-29-18;/h4-5,14,17H,3,6-13,15-16H2,1-2H3,(H,22,23);1H. The Balaban J connectivity index is 0.00000272. The van der Waals surface area contributed by atoms with Crippen LogP contribution in [0, 0.1) is 5.92 Å². The van der Waals surface area contributed by atoms with Crippen molar-refractivity contribution in [2.45, 2.75) is 32.7 Å². The van der Waals surface area contributed by atoms with Crippen molar-refractivity contribution in [2.24, 2.45) is 10.9 Å². The number of rotatable bonds is 6. The van der Waals surface area contributed by atoms with Crippen molar-refractivity contribution in [2.75, 3.05) is 57.8 Å². The first-order valence-electron chi connectivity index (χ1n) is 11.0. The Kier molecular flexibility index (Phi) is 9.79. The molecule has 4 rings (SSSR count). The molecule has 0 bridgehead atoms. The van der Waals surface area contributed by atoms with Gasteiger partial charge in [-0.05, 0) is 43.3 Å². The lowest BCUT2D eigenvalue weighted by Gasteiger charge is -2.37. The Bertz CT molecular complexity index is 795. The Morgan fingerprint density at radius 1 is 1.19 bits per heavy atom. The number of aryl methyl sites for hydroxylation is 1. The van der Waals surface area contributed by atoms with Crippen LogP contribution in [-0.2, 0) is 13.0 Å². The normalized spacial score (nSPS) is 18.8. The summed E-state index contributed by atoms with van der Waals surface area (Å²) in [5.41, 5.74) is 0. The third-order valence-electron chi connectivity index (χ3n) is 6.05. The van der Waals surface area contributed by atoms with Gasteiger partial charge in [0, 0.05) is 69.1 Å². The average Bonchev–Trinajstić information content (AvgIpc) is 3.48. The van der Waals surface area contributed by atoms with Gasteiger partial charge in [-0.2, -0.15) is 4.37 Å². The average molecular weight is 576 g/mol. The molecule has 2 aromatic rings. The highest BCUT2D eigenvalue weighted by Gasteiger charge is 2.24. The lowest BCUT2D eigenvalue weighted by molar-refractivity contribution is 0.178. The number of guanidine groups is 1. The number of halogens is 1. The van der Waals surface area contributed by atoms with E-state index >= 15 is 0 Å². The molecule has 2 aliphatic rings. The molecule has 0 spiro atoms. The molecule has 2 aliphatic heterocycles. The molecular formula is C21H34IN7S2. The zero-order chi connectivity index (χ0) is 20.8. The zero-order valence-electron chi connectivity index (χ0n) is 18.5. The van der Waals surface area contributed by atoms with Crippen LogP contribution < -0.4 is 10.2 Å². The fourth-order valence-electron chi connectivity index (χ4n) is 4.17. The molecule has 0 saturated carbocycles. The van der Waals surface area contributed by atoms with E-state index in [2.05, 4.69) is 58.8 Å². The van der Waals surface area contributed by atoms with Gasteiger partial charge in [-0.3, -0.25) is 9.89 Å². The van der Waals surface area contributed by atoms with E-state index in [0.29, 0.717) is 0 Å². The predicted octanol–water partition coefficient (Wildman–Crippen LogP) is 3.39. The number of hydrogen-bond acceptors (Lipinski definition) is 7. The Morgan fingerprint density at radius 2 is 1.97 bits per heavy atom. The molecular weight excluding hydrogens is 541 g/mol. The van der Waals surface area contributed by atoms with E-state index in [1.807, 2.05) is 18.4 Å². The molecule has 2 aromatic heterocycles. The molecule has 0 radical (unpaired) electrons. The number of hydrogen-bond donors (Lipinski definition) is 1. The largest absolute Gasteiger partial charge is 0.356 e. The second kappa shape index (κ2) is 12.3. The molecule has 172 valence electrons. The van der Waals surface area contributed by atoms with Gasteiger partial charge in [-0.1, -0.05) is 13.0 Å². The van der Waals surface area contributed by atoms with Gasteiger partial charge >= 0.3 is 0 Å². The van der Waals surface area contributed by atoms with Crippen molar-refractivity contribution < 1.29 is 0 Å². The highest BCUT2D eigenvalue weighted by molar-refractivity contribution is 14.0. The molecule has 0 aliphatic carbocycles. The van der Waals surface area contributed by atoms with Crippen LogP contribution in [0.3, 0.4) is 0 Å². The van der Waals surface area contributed by atoms with E-state index < -0.39 is 0 Å². The molecule has 4 heterocycles. The number of anilines is 1. The zero-order valence-corrected chi connectivity index (χ0v) is 22.5. The minimum atomic E-state index is 0. The number of piperidine rings is 1. The number of nitrogens with one attached hydrogen (secondary N) is 1. The number of nitrogens with zero attached hydrogens (tertiary/aromatic N) is 6. The maximum Gasteiger partial charge on any atom is 0.205 e. The fourth-order valence-corrected chi connectivity index (χ4v) is 5.71. The molecule has 0 atom stereocenters. The number of thiophene rings is 1. The van der Waals surface area contributed by atoms with Gasteiger partial charge in [0.2, 0.25) is 5.13 Å². The molecule has 0 aromatic carbocycles. The number of likely N-dealkylation sites (tertiary alicyclic amines) is 1. The quantitative estimate of drug-likeness (QED) is 0.324. The topological polar surface area (TPSA) is 59.9 Å². The fraction of sp³-hybridized carbons (Fsp3) is 0.667. The molecule has 31 heavy (non-hydrogen) atoms. The number of aliphatic imine (C=N–C) groups is 1. The second-order valence-electron chi connectivity index (χ2n) is 8.05. The molecule has 1 N–H and O–H groups in total. The third-order valence-corrected chi connectivity index (χ3v) is 7.73. The molecule has 0 amide bonds. The van der Waals surface area contributed by atoms with E-state index in [4.69, 9.17) is 0 Å². The second-order valence-corrected chi connectivity index (χ2v) is 9.81. The summed E-state index contributed by atoms with van der Waals surface area (Å²) in [6, 6.07) is 4.40. The van der Waals surface area contributed by atoms with Crippen LogP contribution in [0.15, 0.2) is 22.5 Å². The van der Waals surface area contributed by atoms with E-state index in [1.54, 1.807) is 0 Å². The SMILES string of the molecule is CCc1nsc(N2CCN(C(=NC)NCC3CCN(Cc4cccs4)CC3)CC2)n1.I. The van der Waals surface area contributed by atoms with Crippen LogP contribution in [0.4, 0.5) is 5.13 Å². The van der Waals surface area contributed by atoms with E-state index in [-0.39, 0.29) is 24.0 Å². The first-order valence-corrected chi connectivity index (χ1v) is 12.7. The summed E-state index contributed by atoms with van der Waals surface area (Å²) in [6.45, 7) is 10.5. The maximum absolute atomic E-state index is 4.63. The predicted molar refractivity (Wildman–Crippen MR) is 142 cm³/mol. The number of piperazine rings is 1. The minimum absolute atomic E-state index is 0. The van der Waals surface area contributed by atoms with Gasteiger partial charge in [0.1, 0.15) is 5.82 Å². The van der Waals surface area contributed by atoms with Crippen LogP contribution in [0.5, 0.6) is 0 Å². The third kappa shape index (κ3) is 6.75. The van der Waals surface area contributed by atoms with E-state index in [0.717, 1.165) is 68.5 Å². The summed E-state index contributed by atoms with van der Waals surface area (Å²) in [4.78, 5) is 18.0. The molecule has 2 saturated heterocycles. The Hall–Kier alpha value is -0.980. The number of aromatic nitrogens is 2. The van der Waals surface area contributed by atoms with Crippen molar-refractivity contribution in [3.63, 3.8) is 0 Å². The highest BCUT2D eigenvalue weighted by atomic mass is 127. The molecule has 7 nitrogen and oxygen atoms in total. The van der Waals surface area contributed by atoms with Crippen molar-refractivity contribution in [3.8, 4) is 0 Å². The Labute approximate surface area is 211 Å². The Morgan fingerprint density at radius 3 is 2.58 bits per heavy atom.